The van der Waals surface area contributed by atoms with E-state index in [-0.39, 0.29) is 5.41 Å². The van der Waals surface area contributed by atoms with E-state index in [1.165, 1.54) is 18.4 Å². The van der Waals surface area contributed by atoms with Crippen molar-refractivity contribution in [2.24, 2.45) is 0 Å². The van der Waals surface area contributed by atoms with Crippen molar-refractivity contribution in [2.75, 3.05) is 27.7 Å². The number of hydrogen-bond donors (Lipinski definition) is 2. The third-order valence-corrected chi connectivity index (χ3v) is 6.31. The highest BCUT2D eigenvalue weighted by atomic mass is 16.6. The Morgan fingerprint density at radius 1 is 1.27 bits per heavy atom. The molecule has 1 aromatic rings. The van der Waals surface area contributed by atoms with Crippen molar-refractivity contribution in [3.8, 4) is 5.75 Å². The van der Waals surface area contributed by atoms with Gasteiger partial charge in [0.05, 0.1) is 26.6 Å². The number of nitrogens with zero attached hydrogens (tertiary/aromatic N) is 1. The lowest BCUT2D eigenvalue weighted by Gasteiger charge is -2.34. The van der Waals surface area contributed by atoms with Crippen molar-refractivity contribution in [3.05, 3.63) is 23.8 Å². The van der Waals surface area contributed by atoms with Gasteiger partial charge in [-0.15, -0.1) is 0 Å². The zero-order chi connectivity index (χ0) is 18.7. The van der Waals surface area contributed by atoms with Crippen LogP contribution in [0.15, 0.2) is 18.2 Å². The highest BCUT2D eigenvalue weighted by Crippen LogP contribution is 2.52. The number of nitrogens with one attached hydrogen (secondary N) is 2. The first-order valence-corrected chi connectivity index (χ1v) is 9.03. The Morgan fingerprint density at radius 2 is 2.00 bits per heavy atom. The van der Waals surface area contributed by atoms with Crippen molar-refractivity contribution in [2.45, 2.75) is 43.3 Å². The van der Waals surface area contributed by atoms with E-state index in [1.807, 2.05) is 18.2 Å². The van der Waals surface area contributed by atoms with Crippen LogP contribution in [0.3, 0.4) is 0 Å². The molecule has 2 atom stereocenters. The number of ether oxygens (including phenoxy) is 2. The SMILES string of the molecule is COC(=O)C1(NC(=O)Oc2ccc3c(c2)[C@]2(C)CCN[C@@H]2[N+]3(C)C)CC1. The number of carbonyl (C=O) groups excluding carboxylic acids is 2. The number of methoxy groups -OCH3 is 1. The first-order chi connectivity index (χ1) is 12.2. The Balaban J connectivity index is 1.56. The van der Waals surface area contributed by atoms with Gasteiger partial charge in [-0.1, -0.05) is 0 Å². The molecule has 0 radical (unpaired) electrons. The summed E-state index contributed by atoms with van der Waals surface area (Å²) >= 11 is 0. The molecule has 0 aromatic heterocycles. The molecule has 1 saturated heterocycles. The van der Waals surface area contributed by atoms with Crippen LogP contribution in [0.2, 0.25) is 0 Å². The summed E-state index contributed by atoms with van der Waals surface area (Å²) in [4.78, 5) is 24.0. The molecule has 26 heavy (non-hydrogen) atoms. The first-order valence-electron chi connectivity index (χ1n) is 9.03. The number of benzene rings is 1. The van der Waals surface area contributed by atoms with Gasteiger partial charge in [0.25, 0.3) is 0 Å². The van der Waals surface area contributed by atoms with Gasteiger partial charge in [-0.25, -0.2) is 9.59 Å². The highest BCUT2D eigenvalue weighted by molar-refractivity contribution is 5.89. The second-order valence-electron chi connectivity index (χ2n) is 8.33. The van der Waals surface area contributed by atoms with Crippen LogP contribution >= 0.6 is 0 Å². The molecule has 1 aromatic carbocycles. The number of fused-ring (bicyclic) bond motifs is 3. The fourth-order valence-corrected chi connectivity index (χ4v) is 4.76. The van der Waals surface area contributed by atoms with Gasteiger partial charge in [0.2, 0.25) is 0 Å². The topological polar surface area (TPSA) is 76.7 Å². The Bertz CT molecular complexity index is 787. The van der Waals surface area contributed by atoms with Crippen LogP contribution in [0.1, 0.15) is 31.7 Å². The molecule has 0 bridgehead atoms. The molecule has 0 spiro atoms. The van der Waals surface area contributed by atoms with Crippen molar-refractivity contribution in [1.29, 1.82) is 0 Å². The predicted molar refractivity (Wildman–Crippen MR) is 97.0 cm³/mol. The van der Waals surface area contributed by atoms with E-state index in [9.17, 15) is 9.59 Å². The van der Waals surface area contributed by atoms with Gasteiger partial charge in [0.1, 0.15) is 17.0 Å². The molecule has 1 saturated carbocycles. The van der Waals surface area contributed by atoms with Crippen LogP contribution in [-0.4, -0.2) is 51.5 Å². The summed E-state index contributed by atoms with van der Waals surface area (Å²) in [5.74, 6) is 0.0746. The van der Waals surface area contributed by atoms with Crippen molar-refractivity contribution in [1.82, 2.24) is 15.1 Å². The van der Waals surface area contributed by atoms with E-state index < -0.39 is 17.6 Å². The molecule has 7 nitrogen and oxygen atoms in total. The van der Waals surface area contributed by atoms with Gasteiger partial charge in [-0.05, 0) is 38.3 Å². The molecule has 2 N–H and O–H groups in total. The van der Waals surface area contributed by atoms with Gasteiger partial charge in [0, 0.05) is 18.2 Å². The van der Waals surface area contributed by atoms with Crippen LogP contribution in [0, 0.1) is 0 Å². The standard InChI is InChI=1S/C19H25N3O4/c1-18-9-10-20-15(18)22(2,3)14-6-5-12(11-13(14)18)26-17(24)21-19(7-8-19)16(23)25-4/h5-6,11,15,20H,7-10H2,1-4H3/p+1/t15-,18+/m1/s1. The summed E-state index contributed by atoms with van der Waals surface area (Å²) in [5.41, 5.74) is 1.56. The molecule has 4 rings (SSSR count). The molecular weight excluding hydrogens is 334 g/mol. The molecule has 1 aliphatic carbocycles. The summed E-state index contributed by atoms with van der Waals surface area (Å²) < 4.78 is 11.0. The zero-order valence-electron chi connectivity index (χ0n) is 15.7. The van der Waals surface area contributed by atoms with Crippen LogP contribution in [0.5, 0.6) is 5.75 Å². The fraction of sp³-hybridized carbons (Fsp3) is 0.579. The first kappa shape index (κ1) is 17.3. The quantitative estimate of drug-likeness (QED) is 0.633. The van der Waals surface area contributed by atoms with Gasteiger partial charge in [-0.3, -0.25) is 9.80 Å². The maximum absolute atomic E-state index is 12.3. The van der Waals surface area contributed by atoms with E-state index in [0.29, 0.717) is 24.8 Å². The Hall–Kier alpha value is -2.12. The molecule has 1 amide bonds. The minimum absolute atomic E-state index is 0.0123. The van der Waals surface area contributed by atoms with Gasteiger partial charge in [-0.2, -0.15) is 0 Å². The number of amides is 1. The maximum Gasteiger partial charge on any atom is 0.413 e. The number of quaternary nitrogens is 1. The van der Waals surface area contributed by atoms with Crippen LogP contribution in [0.25, 0.3) is 0 Å². The predicted octanol–water partition coefficient (Wildman–Crippen LogP) is 1.64. The molecule has 2 fully saturated rings. The third kappa shape index (κ3) is 2.34. The van der Waals surface area contributed by atoms with Gasteiger partial charge >= 0.3 is 12.1 Å². The highest BCUT2D eigenvalue weighted by Gasteiger charge is 2.58. The van der Waals surface area contributed by atoms with Crippen molar-refractivity contribution in [3.63, 3.8) is 0 Å². The molecule has 2 heterocycles. The molecular formula is C19H26N3O4+. The lowest BCUT2D eigenvalue weighted by molar-refractivity contribution is -0.144. The zero-order valence-corrected chi connectivity index (χ0v) is 15.7. The van der Waals surface area contributed by atoms with E-state index >= 15 is 0 Å². The molecule has 0 unspecified atom stereocenters. The Labute approximate surface area is 153 Å². The summed E-state index contributed by atoms with van der Waals surface area (Å²) in [6, 6.07) is 5.83. The minimum atomic E-state index is -0.909. The summed E-state index contributed by atoms with van der Waals surface area (Å²) in [6.07, 6.45) is 1.90. The minimum Gasteiger partial charge on any atom is -0.467 e. The van der Waals surface area contributed by atoms with E-state index in [1.54, 1.807) is 0 Å². The fourth-order valence-electron chi connectivity index (χ4n) is 4.76. The lowest BCUT2D eigenvalue weighted by Crippen LogP contribution is -2.56. The molecule has 7 heteroatoms. The van der Waals surface area contributed by atoms with E-state index in [4.69, 9.17) is 9.47 Å². The van der Waals surface area contributed by atoms with Gasteiger partial charge < -0.3 is 14.8 Å². The molecule has 3 aliphatic rings. The van der Waals surface area contributed by atoms with Crippen LogP contribution < -0.4 is 19.9 Å². The number of likely N-dealkylation sites (N-methyl/N-ethyl adjacent to an activating group) is 1. The second-order valence-corrected chi connectivity index (χ2v) is 8.33. The van der Waals surface area contributed by atoms with Crippen LogP contribution in [0.4, 0.5) is 10.5 Å². The molecule has 140 valence electrons. The lowest BCUT2D eigenvalue weighted by atomic mass is 9.81. The van der Waals surface area contributed by atoms with E-state index in [2.05, 4.69) is 31.7 Å². The largest absolute Gasteiger partial charge is 0.467 e. The molecule has 2 aliphatic heterocycles. The van der Waals surface area contributed by atoms with E-state index in [0.717, 1.165) is 17.4 Å². The maximum atomic E-state index is 12.3. The van der Waals surface area contributed by atoms with Crippen molar-refractivity contribution >= 4 is 17.7 Å². The van der Waals surface area contributed by atoms with Gasteiger partial charge in [0.15, 0.2) is 6.17 Å². The number of rotatable bonds is 3. The number of esters is 1. The second kappa shape index (κ2) is 5.44. The monoisotopic (exact) mass is 360 g/mol. The Kier molecular flexibility index (Phi) is 3.62. The summed E-state index contributed by atoms with van der Waals surface area (Å²) in [7, 11) is 5.73. The van der Waals surface area contributed by atoms with Crippen LogP contribution in [-0.2, 0) is 14.9 Å². The number of carbonyl (C=O) groups is 2. The average molecular weight is 360 g/mol. The third-order valence-electron chi connectivity index (χ3n) is 6.31. The number of hydrogen-bond acceptors (Lipinski definition) is 5. The Morgan fingerprint density at radius 3 is 2.65 bits per heavy atom. The normalized spacial score (nSPS) is 29.5. The summed E-state index contributed by atoms with van der Waals surface area (Å²) in [6.45, 7) is 3.25. The summed E-state index contributed by atoms with van der Waals surface area (Å²) in [5, 5.41) is 6.27. The smallest absolute Gasteiger partial charge is 0.413 e. The van der Waals surface area contributed by atoms with Crippen molar-refractivity contribution < 1.29 is 19.1 Å². The average Bonchev–Trinajstić information content (AvgIpc) is 3.21.